The molecule has 0 bridgehead atoms. The number of rotatable bonds is 6. The van der Waals surface area contributed by atoms with Crippen LogP contribution in [0.3, 0.4) is 0 Å². The molecule has 2 heterocycles. The number of aromatic nitrogens is 4. The van der Waals surface area contributed by atoms with E-state index < -0.39 is 5.91 Å². The molecule has 1 radical (unpaired) electrons. The van der Waals surface area contributed by atoms with Gasteiger partial charge in [-0.15, -0.1) is 10.2 Å². The van der Waals surface area contributed by atoms with Crippen LogP contribution in [0.2, 0.25) is 0 Å². The van der Waals surface area contributed by atoms with E-state index in [0.29, 0.717) is 18.2 Å². The fourth-order valence-electron chi connectivity index (χ4n) is 2.12. The molecule has 3 N–H and O–H groups in total. The average Bonchev–Trinajstić information content (AvgIpc) is 3.07. The quantitative estimate of drug-likeness (QED) is 0.720. The molecule has 0 atom stereocenters. The Labute approximate surface area is 137 Å². The molecular formula is C16H14FN6O. The summed E-state index contributed by atoms with van der Waals surface area (Å²) in [4.78, 5) is 19.9. The molecule has 0 spiro atoms. The SMILES string of the molecule is NC(=O)c1nnc([CH]CN(c2ccc(F)cc2)c2ccccn2)[nH]1. The van der Waals surface area contributed by atoms with Crippen LogP contribution in [-0.4, -0.2) is 32.6 Å². The van der Waals surface area contributed by atoms with Crippen LogP contribution in [0.25, 0.3) is 0 Å². The van der Waals surface area contributed by atoms with Crippen molar-refractivity contribution in [3.05, 3.63) is 72.5 Å². The van der Waals surface area contributed by atoms with Gasteiger partial charge in [-0.05, 0) is 36.4 Å². The predicted octanol–water partition coefficient (Wildman–Crippen LogP) is 1.83. The number of benzene rings is 1. The topological polar surface area (TPSA) is 101 Å². The fourth-order valence-corrected chi connectivity index (χ4v) is 2.12. The lowest BCUT2D eigenvalue weighted by atomic mass is 10.2. The molecule has 3 aromatic rings. The van der Waals surface area contributed by atoms with E-state index in [1.807, 2.05) is 23.1 Å². The van der Waals surface area contributed by atoms with Gasteiger partial charge in [0.1, 0.15) is 17.5 Å². The minimum atomic E-state index is -0.678. The molecule has 0 aliphatic heterocycles. The van der Waals surface area contributed by atoms with E-state index in [4.69, 9.17) is 5.73 Å². The van der Waals surface area contributed by atoms with Crippen molar-refractivity contribution < 1.29 is 9.18 Å². The maximum absolute atomic E-state index is 13.2. The highest BCUT2D eigenvalue weighted by Crippen LogP contribution is 2.24. The lowest BCUT2D eigenvalue weighted by molar-refractivity contribution is 0.0991. The Hall–Kier alpha value is -3.29. The number of pyridine rings is 1. The van der Waals surface area contributed by atoms with Gasteiger partial charge in [0.15, 0.2) is 0 Å². The third-order valence-electron chi connectivity index (χ3n) is 3.27. The summed E-state index contributed by atoms with van der Waals surface area (Å²) in [5, 5.41) is 7.50. The zero-order valence-electron chi connectivity index (χ0n) is 12.6. The summed E-state index contributed by atoms with van der Waals surface area (Å²) >= 11 is 0. The van der Waals surface area contributed by atoms with Crippen molar-refractivity contribution in [2.45, 2.75) is 0 Å². The van der Waals surface area contributed by atoms with Crippen LogP contribution in [0.15, 0.2) is 48.7 Å². The maximum atomic E-state index is 13.2. The molecule has 24 heavy (non-hydrogen) atoms. The van der Waals surface area contributed by atoms with Crippen molar-refractivity contribution in [1.82, 2.24) is 20.2 Å². The first-order valence-corrected chi connectivity index (χ1v) is 7.13. The number of primary amides is 1. The lowest BCUT2D eigenvalue weighted by Crippen LogP contribution is -2.20. The van der Waals surface area contributed by atoms with E-state index in [2.05, 4.69) is 20.2 Å². The van der Waals surface area contributed by atoms with Crippen LogP contribution in [0, 0.1) is 12.2 Å². The van der Waals surface area contributed by atoms with Gasteiger partial charge in [-0.1, -0.05) is 6.07 Å². The molecule has 7 nitrogen and oxygen atoms in total. The molecule has 0 aliphatic carbocycles. The Morgan fingerprint density at radius 2 is 2.00 bits per heavy atom. The van der Waals surface area contributed by atoms with E-state index in [-0.39, 0.29) is 11.6 Å². The fraction of sp³-hybridized carbons (Fsp3) is 0.0625. The number of nitrogens with two attached hydrogens (primary N) is 1. The number of aromatic amines is 1. The lowest BCUT2D eigenvalue weighted by Gasteiger charge is -2.23. The monoisotopic (exact) mass is 325 g/mol. The Balaban J connectivity index is 1.82. The second-order valence-electron chi connectivity index (χ2n) is 4.90. The van der Waals surface area contributed by atoms with E-state index >= 15 is 0 Å². The van der Waals surface area contributed by atoms with Gasteiger partial charge in [0.05, 0.1) is 0 Å². The summed E-state index contributed by atoms with van der Waals surface area (Å²) in [6.07, 6.45) is 3.41. The first kappa shape index (κ1) is 15.6. The summed E-state index contributed by atoms with van der Waals surface area (Å²) in [6.45, 7) is 0.385. The normalized spacial score (nSPS) is 10.5. The molecule has 0 saturated heterocycles. The van der Waals surface area contributed by atoms with Gasteiger partial charge in [-0.25, -0.2) is 9.37 Å². The summed E-state index contributed by atoms with van der Waals surface area (Å²) < 4.78 is 13.2. The molecule has 1 amide bonds. The van der Waals surface area contributed by atoms with E-state index in [0.717, 1.165) is 5.69 Å². The smallest absolute Gasteiger partial charge is 0.286 e. The molecule has 0 aliphatic rings. The van der Waals surface area contributed by atoms with Gasteiger partial charge in [0.25, 0.3) is 5.91 Å². The second kappa shape index (κ2) is 6.86. The van der Waals surface area contributed by atoms with Crippen LogP contribution in [0.1, 0.15) is 16.4 Å². The van der Waals surface area contributed by atoms with E-state index in [1.165, 1.54) is 12.1 Å². The van der Waals surface area contributed by atoms with Crippen LogP contribution < -0.4 is 10.6 Å². The highest BCUT2D eigenvalue weighted by Gasteiger charge is 2.13. The second-order valence-corrected chi connectivity index (χ2v) is 4.90. The summed E-state index contributed by atoms with van der Waals surface area (Å²) in [5.74, 6) is 0.0987. The number of carbonyl (C=O) groups excluding carboxylic acids is 1. The van der Waals surface area contributed by atoms with Gasteiger partial charge in [-0.2, -0.15) is 0 Å². The number of H-pyrrole nitrogens is 1. The van der Waals surface area contributed by atoms with Gasteiger partial charge < -0.3 is 15.6 Å². The van der Waals surface area contributed by atoms with Gasteiger partial charge in [0.2, 0.25) is 5.82 Å². The Bertz CT molecular complexity index is 818. The van der Waals surface area contributed by atoms with Crippen LogP contribution >= 0.6 is 0 Å². The zero-order valence-corrected chi connectivity index (χ0v) is 12.6. The van der Waals surface area contributed by atoms with Crippen molar-refractivity contribution >= 4 is 17.4 Å². The molecule has 2 aromatic heterocycles. The van der Waals surface area contributed by atoms with Crippen molar-refractivity contribution in [2.75, 3.05) is 11.4 Å². The number of hydrogen-bond donors (Lipinski definition) is 2. The molecule has 1 aromatic carbocycles. The van der Waals surface area contributed by atoms with Crippen molar-refractivity contribution in [3.8, 4) is 0 Å². The van der Waals surface area contributed by atoms with Crippen LogP contribution in [0.4, 0.5) is 15.9 Å². The van der Waals surface area contributed by atoms with Gasteiger partial charge >= 0.3 is 0 Å². The third-order valence-corrected chi connectivity index (χ3v) is 3.27. The molecule has 0 saturated carbocycles. The minimum Gasteiger partial charge on any atom is -0.363 e. The largest absolute Gasteiger partial charge is 0.363 e. The molecule has 121 valence electrons. The Morgan fingerprint density at radius 3 is 2.62 bits per heavy atom. The summed E-state index contributed by atoms with van der Waals surface area (Å²) in [7, 11) is 0. The number of carbonyl (C=O) groups is 1. The highest BCUT2D eigenvalue weighted by molar-refractivity contribution is 5.88. The minimum absolute atomic E-state index is 0.00702. The van der Waals surface area contributed by atoms with Crippen molar-refractivity contribution in [2.24, 2.45) is 5.73 Å². The summed E-state index contributed by atoms with van der Waals surface area (Å²) in [6, 6.07) is 11.6. The first-order chi connectivity index (χ1) is 11.6. The van der Waals surface area contributed by atoms with E-state index in [9.17, 15) is 9.18 Å². The number of hydrogen-bond acceptors (Lipinski definition) is 5. The third kappa shape index (κ3) is 3.54. The average molecular weight is 325 g/mol. The Morgan fingerprint density at radius 1 is 1.21 bits per heavy atom. The van der Waals surface area contributed by atoms with Crippen LogP contribution in [-0.2, 0) is 0 Å². The van der Waals surface area contributed by atoms with Gasteiger partial charge in [-0.3, -0.25) is 4.79 Å². The standard InChI is InChI=1S/C16H14FN6O/c17-11-4-6-12(7-5-11)23(14-3-1-2-9-19-14)10-8-13-20-16(15(18)24)22-21-13/h1-9H,10H2,(H2,18,24)(H,20,21,22). The number of amides is 1. The predicted molar refractivity (Wildman–Crippen MR) is 85.9 cm³/mol. The number of nitrogens with one attached hydrogen (secondary N) is 1. The number of anilines is 2. The first-order valence-electron chi connectivity index (χ1n) is 7.13. The highest BCUT2D eigenvalue weighted by atomic mass is 19.1. The van der Waals surface area contributed by atoms with Crippen molar-refractivity contribution in [3.63, 3.8) is 0 Å². The molecular weight excluding hydrogens is 311 g/mol. The summed E-state index contributed by atoms with van der Waals surface area (Å²) in [5.41, 5.74) is 5.90. The maximum Gasteiger partial charge on any atom is 0.286 e. The number of halogens is 1. The van der Waals surface area contributed by atoms with E-state index in [1.54, 1.807) is 24.8 Å². The molecule has 0 fully saturated rings. The molecule has 8 heteroatoms. The molecule has 3 rings (SSSR count). The molecule has 0 unspecified atom stereocenters. The zero-order chi connectivity index (χ0) is 16.9. The van der Waals surface area contributed by atoms with Crippen molar-refractivity contribution in [1.29, 1.82) is 0 Å². The van der Waals surface area contributed by atoms with Crippen LogP contribution in [0.5, 0.6) is 0 Å². The van der Waals surface area contributed by atoms with Gasteiger partial charge in [0, 0.05) is 24.8 Å². The number of nitrogens with zero attached hydrogens (tertiary/aromatic N) is 4. The Kier molecular flexibility index (Phi) is 4.46.